The zero-order valence-electron chi connectivity index (χ0n) is 17.0. The molecule has 5 rings (SSSR count). The lowest BCUT2D eigenvalue weighted by Gasteiger charge is -2.53. The highest BCUT2D eigenvalue weighted by Crippen LogP contribution is 2.62. The van der Waals surface area contributed by atoms with E-state index < -0.39 is 5.60 Å². The summed E-state index contributed by atoms with van der Waals surface area (Å²) in [7, 11) is 0. The minimum absolute atomic E-state index is 0.0635. The first-order chi connectivity index (χ1) is 14.1. The SMILES string of the molecule is C=CCC1CCC(Cc2ccccc2)C23OC(=O)C(C)C2=Cc2ccccc2C13. The zero-order valence-corrected chi connectivity index (χ0v) is 17.0. The van der Waals surface area contributed by atoms with E-state index in [1.165, 1.54) is 22.3 Å². The normalized spacial score (nSPS) is 32.4. The molecule has 1 spiro atoms. The summed E-state index contributed by atoms with van der Waals surface area (Å²) in [5, 5.41) is 0. The van der Waals surface area contributed by atoms with E-state index in [1.807, 2.05) is 13.0 Å². The van der Waals surface area contributed by atoms with Crippen LogP contribution in [0.3, 0.4) is 0 Å². The number of hydrogen-bond donors (Lipinski definition) is 0. The molecule has 148 valence electrons. The third-order valence-electron chi connectivity index (χ3n) is 7.40. The van der Waals surface area contributed by atoms with Gasteiger partial charge in [0.15, 0.2) is 0 Å². The predicted molar refractivity (Wildman–Crippen MR) is 116 cm³/mol. The second kappa shape index (κ2) is 7.02. The van der Waals surface area contributed by atoms with Crippen LogP contribution in [-0.4, -0.2) is 11.6 Å². The summed E-state index contributed by atoms with van der Waals surface area (Å²) in [6.45, 7) is 6.04. The van der Waals surface area contributed by atoms with Gasteiger partial charge in [0.05, 0.1) is 5.92 Å². The van der Waals surface area contributed by atoms with Crippen molar-refractivity contribution in [2.24, 2.45) is 17.8 Å². The van der Waals surface area contributed by atoms with Crippen LogP contribution >= 0.6 is 0 Å². The quantitative estimate of drug-likeness (QED) is 0.481. The van der Waals surface area contributed by atoms with Crippen LogP contribution in [-0.2, 0) is 16.0 Å². The Morgan fingerprint density at radius 1 is 1.10 bits per heavy atom. The van der Waals surface area contributed by atoms with Gasteiger partial charge >= 0.3 is 5.97 Å². The van der Waals surface area contributed by atoms with Crippen LogP contribution in [0.5, 0.6) is 0 Å². The van der Waals surface area contributed by atoms with E-state index in [0.29, 0.717) is 11.8 Å². The molecule has 0 radical (unpaired) electrons. The average Bonchev–Trinajstić information content (AvgIpc) is 2.99. The van der Waals surface area contributed by atoms with E-state index in [1.54, 1.807) is 0 Å². The summed E-state index contributed by atoms with van der Waals surface area (Å²) in [5.41, 5.74) is 4.58. The molecule has 0 aromatic heterocycles. The van der Waals surface area contributed by atoms with Gasteiger partial charge in [-0.25, -0.2) is 0 Å². The molecular weight excluding hydrogens is 356 g/mol. The van der Waals surface area contributed by atoms with E-state index >= 15 is 0 Å². The molecule has 1 saturated carbocycles. The van der Waals surface area contributed by atoms with E-state index in [4.69, 9.17) is 4.74 Å². The number of fused-ring (bicyclic) bond motifs is 2. The Hall–Kier alpha value is -2.61. The van der Waals surface area contributed by atoms with E-state index in [2.05, 4.69) is 67.3 Å². The van der Waals surface area contributed by atoms with Crippen LogP contribution in [0.25, 0.3) is 6.08 Å². The molecule has 2 aromatic rings. The molecule has 2 fully saturated rings. The fraction of sp³-hybridized carbons (Fsp3) is 0.370. The molecule has 0 amide bonds. The van der Waals surface area contributed by atoms with Crippen molar-refractivity contribution in [2.45, 2.75) is 44.1 Å². The van der Waals surface area contributed by atoms with Crippen LogP contribution in [0.15, 0.2) is 72.8 Å². The van der Waals surface area contributed by atoms with Gasteiger partial charge in [-0.1, -0.05) is 66.7 Å². The summed E-state index contributed by atoms with van der Waals surface area (Å²) >= 11 is 0. The number of hydrogen-bond acceptors (Lipinski definition) is 2. The second-order valence-corrected chi connectivity index (χ2v) is 8.89. The van der Waals surface area contributed by atoms with Gasteiger partial charge in [0.2, 0.25) is 0 Å². The van der Waals surface area contributed by atoms with Gasteiger partial charge in [0.1, 0.15) is 5.60 Å². The monoisotopic (exact) mass is 384 g/mol. The van der Waals surface area contributed by atoms with Gasteiger partial charge in [-0.15, -0.1) is 6.58 Å². The molecule has 5 unspecified atom stereocenters. The summed E-state index contributed by atoms with van der Waals surface area (Å²) in [6, 6.07) is 19.3. The lowest BCUT2D eigenvalue weighted by molar-refractivity contribution is -0.160. The van der Waals surface area contributed by atoms with Gasteiger partial charge in [-0.2, -0.15) is 0 Å². The molecule has 2 aromatic carbocycles. The van der Waals surface area contributed by atoms with Crippen molar-refractivity contribution in [3.63, 3.8) is 0 Å². The number of carbonyl (C=O) groups excluding carboxylic acids is 1. The average molecular weight is 385 g/mol. The number of allylic oxidation sites excluding steroid dienone is 1. The molecule has 1 heterocycles. The van der Waals surface area contributed by atoms with E-state index in [9.17, 15) is 4.79 Å². The standard InChI is InChI=1S/C27H28O2/c1-3-9-20-14-15-22(16-19-10-5-4-6-11-19)27-24(18(2)26(28)29-27)17-21-12-7-8-13-23(21)25(20)27/h3-8,10-13,17-18,20,22,25H,1,9,14-16H2,2H3. The first-order valence-corrected chi connectivity index (χ1v) is 10.8. The molecule has 29 heavy (non-hydrogen) atoms. The Morgan fingerprint density at radius 3 is 2.66 bits per heavy atom. The molecule has 2 aliphatic carbocycles. The van der Waals surface area contributed by atoms with Gasteiger partial charge in [0, 0.05) is 11.8 Å². The molecule has 1 saturated heterocycles. The number of carbonyl (C=O) groups is 1. The van der Waals surface area contributed by atoms with Crippen LogP contribution in [0.1, 0.15) is 48.8 Å². The van der Waals surface area contributed by atoms with Crippen LogP contribution in [0, 0.1) is 17.8 Å². The van der Waals surface area contributed by atoms with Crippen LogP contribution in [0.2, 0.25) is 0 Å². The molecule has 2 heteroatoms. The van der Waals surface area contributed by atoms with Gasteiger partial charge in [-0.3, -0.25) is 4.79 Å². The summed E-state index contributed by atoms with van der Waals surface area (Å²) in [6.07, 6.45) is 8.41. The molecule has 3 aliphatic rings. The minimum atomic E-state index is -0.521. The van der Waals surface area contributed by atoms with Gasteiger partial charge < -0.3 is 4.74 Å². The number of ether oxygens (including phenoxy) is 1. The van der Waals surface area contributed by atoms with Crippen molar-refractivity contribution in [3.05, 3.63) is 89.5 Å². The maximum Gasteiger partial charge on any atom is 0.313 e. The van der Waals surface area contributed by atoms with E-state index in [-0.39, 0.29) is 17.8 Å². The third-order valence-corrected chi connectivity index (χ3v) is 7.40. The summed E-state index contributed by atoms with van der Waals surface area (Å²) in [5.74, 6) is 0.706. The Balaban J connectivity index is 1.69. The fourth-order valence-electron chi connectivity index (χ4n) is 6.18. The number of benzene rings is 2. The van der Waals surface area contributed by atoms with Crippen LogP contribution in [0.4, 0.5) is 0 Å². The zero-order chi connectivity index (χ0) is 20.0. The molecular formula is C27H28O2. The highest BCUT2D eigenvalue weighted by atomic mass is 16.6. The highest BCUT2D eigenvalue weighted by molar-refractivity contribution is 5.85. The maximum absolute atomic E-state index is 12.9. The molecule has 0 N–H and O–H groups in total. The number of rotatable bonds is 4. The topological polar surface area (TPSA) is 26.3 Å². The summed E-state index contributed by atoms with van der Waals surface area (Å²) < 4.78 is 6.45. The lowest BCUT2D eigenvalue weighted by atomic mass is 9.54. The Bertz CT molecular complexity index is 973. The van der Waals surface area contributed by atoms with Crippen LogP contribution < -0.4 is 0 Å². The summed E-state index contributed by atoms with van der Waals surface area (Å²) in [4.78, 5) is 12.9. The smallest absolute Gasteiger partial charge is 0.313 e. The van der Waals surface area contributed by atoms with Crippen molar-refractivity contribution in [2.75, 3.05) is 0 Å². The Labute approximate surface area is 173 Å². The first-order valence-electron chi connectivity index (χ1n) is 10.8. The van der Waals surface area contributed by atoms with Crippen molar-refractivity contribution < 1.29 is 9.53 Å². The Kier molecular flexibility index (Phi) is 4.46. The van der Waals surface area contributed by atoms with Crippen molar-refractivity contribution >= 4 is 12.0 Å². The van der Waals surface area contributed by atoms with Gasteiger partial charge in [0.25, 0.3) is 0 Å². The molecule has 5 atom stereocenters. The third kappa shape index (κ3) is 2.73. The Morgan fingerprint density at radius 2 is 1.86 bits per heavy atom. The van der Waals surface area contributed by atoms with Crippen molar-refractivity contribution in [1.82, 2.24) is 0 Å². The largest absolute Gasteiger partial charge is 0.453 e. The lowest BCUT2D eigenvalue weighted by Crippen LogP contribution is -2.53. The second-order valence-electron chi connectivity index (χ2n) is 8.89. The molecule has 0 bridgehead atoms. The minimum Gasteiger partial charge on any atom is -0.453 e. The molecule has 1 aliphatic heterocycles. The van der Waals surface area contributed by atoms with Gasteiger partial charge in [-0.05, 0) is 60.8 Å². The van der Waals surface area contributed by atoms with Crippen molar-refractivity contribution in [3.8, 4) is 0 Å². The van der Waals surface area contributed by atoms with E-state index in [0.717, 1.165) is 25.7 Å². The van der Waals surface area contributed by atoms with Crippen molar-refractivity contribution in [1.29, 1.82) is 0 Å². The highest BCUT2D eigenvalue weighted by Gasteiger charge is 2.63. The molecule has 2 nitrogen and oxygen atoms in total. The number of esters is 1. The predicted octanol–water partition coefficient (Wildman–Crippen LogP) is 5.94. The first kappa shape index (κ1) is 18.4. The maximum atomic E-state index is 12.9. The fourth-order valence-corrected chi connectivity index (χ4v) is 6.18.